The molecule has 1 aromatic rings. The van der Waals surface area contributed by atoms with Crippen molar-refractivity contribution in [2.45, 2.75) is 32.9 Å². The molecule has 0 fully saturated rings. The van der Waals surface area contributed by atoms with E-state index in [0.29, 0.717) is 13.0 Å². The van der Waals surface area contributed by atoms with Gasteiger partial charge in [0, 0.05) is 4.88 Å². The predicted octanol–water partition coefficient (Wildman–Crippen LogP) is 2.05. The van der Waals surface area contributed by atoms with E-state index in [2.05, 4.69) is 10.6 Å². The highest BCUT2D eigenvalue weighted by molar-refractivity contribution is 7.09. The molecule has 0 aliphatic carbocycles. The zero-order chi connectivity index (χ0) is 13.5. The first-order valence-corrected chi connectivity index (χ1v) is 6.72. The molecule has 18 heavy (non-hydrogen) atoms. The Kier molecular flexibility index (Phi) is 5.64. The molecule has 0 radical (unpaired) electrons. The fourth-order valence-electron chi connectivity index (χ4n) is 1.46. The zero-order valence-electron chi connectivity index (χ0n) is 10.5. The van der Waals surface area contributed by atoms with Crippen molar-refractivity contribution in [3.8, 4) is 0 Å². The Morgan fingerprint density at radius 2 is 2.22 bits per heavy atom. The first-order valence-electron chi connectivity index (χ1n) is 5.84. The average Bonchev–Trinajstić information content (AvgIpc) is 2.85. The number of urea groups is 1. The lowest BCUT2D eigenvalue weighted by Gasteiger charge is -2.20. The van der Waals surface area contributed by atoms with Gasteiger partial charge in [0.1, 0.15) is 6.04 Å². The van der Waals surface area contributed by atoms with Gasteiger partial charge in [-0.15, -0.1) is 11.3 Å². The molecule has 0 aliphatic heterocycles. The highest BCUT2D eigenvalue weighted by atomic mass is 32.1. The van der Waals surface area contributed by atoms with Gasteiger partial charge in [0.25, 0.3) is 0 Å². The Morgan fingerprint density at radius 1 is 1.50 bits per heavy atom. The van der Waals surface area contributed by atoms with E-state index >= 15 is 0 Å². The Bertz CT molecular complexity index is 392. The molecule has 0 saturated carbocycles. The van der Waals surface area contributed by atoms with E-state index in [1.807, 2.05) is 24.4 Å². The zero-order valence-corrected chi connectivity index (χ0v) is 11.3. The van der Waals surface area contributed by atoms with Gasteiger partial charge < -0.3 is 15.7 Å². The van der Waals surface area contributed by atoms with E-state index in [-0.39, 0.29) is 5.92 Å². The highest BCUT2D eigenvalue weighted by Gasteiger charge is 2.24. The molecule has 3 N–H and O–H groups in total. The van der Waals surface area contributed by atoms with Crippen LogP contribution in [0.1, 0.15) is 25.1 Å². The van der Waals surface area contributed by atoms with Crippen molar-refractivity contribution in [3.05, 3.63) is 22.4 Å². The first-order chi connectivity index (χ1) is 8.54. The Morgan fingerprint density at radius 3 is 2.72 bits per heavy atom. The minimum atomic E-state index is -1.00. The highest BCUT2D eigenvalue weighted by Crippen LogP contribution is 2.09. The number of hydrogen-bond donors (Lipinski definition) is 3. The lowest BCUT2D eigenvalue weighted by atomic mass is 9.99. The molecule has 1 rings (SSSR count). The number of hydrogen-bond acceptors (Lipinski definition) is 3. The normalized spacial score (nSPS) is 13.7. The molecular formula is C12H18N2O3S. The van der Waals surface area contributed by atoms with Gasteiger partial charge in [-0.25, -0.2) is 9.59 Å². The number of nitrogens with one attached hydrogen (secondary N) is 2. The van der Waals surface area contributed by atoms with Crippen LogP contribution in [0.5, 0.6) is 0 Å². The molecular weight excluding hydrogens is 252 g/mol. The van der Waals surface area contributed by atoms with Crippen molar-refractivity contribution in [1.82, 2.24) is 10.6 Å². The van der Waals surface area contributed by atoms with Crippen molar-refractivity contribution in [2.24, 2.45) is 5.92 Å². The fourth-order valence-corrected chi connectivity index (χ4v) is 2.10. The first kappa shape index (κ1) is 14.5. The smallest absolute Gasteiger partial charge is 0.326 e. The van der Waals surface area contributed by atoms with Gasteiger partial charge in [-0.05, 0) is 17.4 Å². The molecule has 6 heteroatoms. The van der Waals surface area contributed by atoms with Crippen LogP contribution in [-0.2, 0) is 11.3 Å². The third-order valence-corrected chi connectivity index (χ3v) is 3.65. The second kappa shape index (κ2) is 7.00. The summed E-state index contributed by atoms with van der Waals surface area (Å²) in [6, 6.07) is 2.52. The number of thiophene rings is 1. The minimum absolute atomic E-state index is 0.102. The minimum Gasteiger partial charge on any atom is -0.480 e. The number of carbonyl (C=O) groups excluding carboxylic acids is 1. The molecule has 0 bridgehead atoms. The van der Waals surface area contributed by atoms with Crippen LogP contribution in [0, 0.1) is 5.92 Å². The Hall–Kier alpha value is -1.56. The van der Waals surface area contributed by atoms with Crippen LogP contribution in [0.2, 0.25) is 0 Å². The van der Waals surface area contributed by atoms with Gasteiger partial charge >= 0.3 is 12.0 Å². The molecule has 1 aromatic heterocycles. The van der Waals surface area contributed by atoms with Gasteiger partial charge in [-0.2, -0.15) is 0 Å². The van der Waals surface area contributed by atoms with Gasteiger partial charge in [-0.1, -0.05) is 26.3 Å². The largest absolute Gasteiger partial charge is 0.480 e. The third kappa shape index (κ3) is 4.37. The van der Waals surface area contributed by atoms with Crippen LogP contribution in [0.4, 0.5) is 4.79 Å². The number of carbonyl (C=O) groups is 2. The summed E-state index contributed by atoms with van der Waals surface area (Å²) in [4.78, 5) is 23.6. The Labute approximate surface area is 110 Å². The Balaban J connectivity index is 2.44. The maximum atomic E-state index is 11.6. The maximum absolute atomic E-state index is 11.6. The summed E-state index contributed by atoms with van der Waals surface area (Å²) in [5, 5.41) is 16.1. The molecule has 0 saturated heterocycles. The molecule has 100 valence electrons. The van der Waals surface area contributed by atoms with Crippen molar-refractivity contribution >= 4 is 23.3 Å². The summed E-state index contributed by atoms with van der Waals surface area (Å²) in [5.74, 6) is -1.11. The predicted molar refractivity (Wildman–Crippen MR) is 70.6 cm³/mol. The molecule has 0 aromatic carbocycles. The number of carboxylic acids is 1. The van der Waals surface area contributed by atoms with Crippen LogP contribution in [-0.4, -0.2) is 23.1 Å². The molecule has 1 heterocycles. The van der Waals surface area contributed by atoms with Crippen molar-refractivity contribution in [1.29, 1.82) is 0 Å². The van der Waals surface area contributed by atoms with E-state index < -0.39 is 18.0 Å². The SMILES string of the molecule is CCC(C)[C@H](NC(=O)NCc1cccs1)C(=O)O. The maximum Gasteiger partial charge on any atom is 0.326 e. The van der Waals surface area contributed by atoms with Gasteiger partial charge in [0.15, 0.2) is 0 Å². The van der Waals surface area contributed by atoms with Gasteiger partial charge in [-0.3, -0.25) is 0 Å². The lowest BCUT2D eigenvalue weighted by Crippen LogP contribution is -2.48. The standard InChI is InChI=1S/C12H18N2O3S/c1-3-8(2)10(11(15)16)14-12(17)13-7-9-5-4-6-18-9/h4-6,8,10H,3,7H2,1-2H3,(H,15,16)(H2,13,14,17)/t8?,10-/m0/s1. The summed E-state index contributed by atoms with van der Waals surface area (Å²) in [5.41, 5.74) is 0. The number of aliphatic carboxylic acids is 1. The van der Waals surface area contributed by atoms with Crippen LogP contribution < -0.4 is 10.6 Å². The molecule has 5 nitrogen and oxygen atoms in total. The van der Waals surface area contributed by atoms with E-state index in [1.54, 1.807) is 18.3 Å². The topological polar surface area (TPSA) is 78.4 Å². The van der Waals surface area contributed by atoms with Crippen molar-refractivity contribution in [2.75, 3.05) is 0 Å². The van der Waals surface area contributed by atoms with Crippen molar-refractivity contribution in [3.63, 3.8) is 0 Å². The monoisotopic (exact) mass is 270 g/mol. The summed E-state index contributed by atoms with van der Waals surface area (Å²) in [6.45, 7) is 4.11. The fraction of sp³-hybridized carbons (Fsp3) is 0.500. The van der Waals surface area contributed by atoms with Gasteiger partial charge in [0.2, 0.25) is 0 Å². The number of rotatable bonds is 6. The molecule has 1 unspecified atom stereocenters. The summed E-state index contributed by atoms with van der Waals surface area (Å²) < 4.78 is 0. The van der Waals surface area contributed by atoms with Crippen LogP contribution in [0.3, 0.4) is 0 Å². The van der Waals surface area contributed by atoms with Gasteiger partial charge in [0.05, 0.1) is 6.54 Å². The average molecular weight is 270 g/mol. The van der Waals surface area contributed by atoms with Crippen molar-refractivity contribution < 1.29 is 14.7 Å². The summed E-state index contributed by atoms with van der Waals surface area (Å²) in [6.07, 6.45) is 0.697. The summed E-state index contributed by atoms with van der Waals surface area (Å²) in [7, 11) is 0. The quantitative estimate of drug-likeness (QED) is 0.740. The van der Waals surface area contributed by atoms with Crippen LogP contribution in [0.25, 0.3) is 0 Å². The molecule has 0 aliphatic rings. The molecule has 0 spiro atoms. The van der Waals surface area contributed by atoms with E-state index in [0.717, 1.165) is 4.88 Å². The third-order valence-electron chi connectivity index (χ3n) is 2.77. The molecule has 2 amide bonds. The van der Waals surface area contributed by atoms with Crippen LogP contribution >= 0.6 is 11.3 Å². The van der Waals surface area contributed by atoms with E-state index in [9.17, 15) is 9.59 Å². The van der Waals surface area contributed by atoms with E-state index in [4.69, 9.17) is 5.11 Å². The van der Waals surface area contributed by atoms with Crippen LogP contribution in [0.15, 0.2) is 17.5 Å². The number of amides is 2. The second-order valence-electron chi connectivity index (χ2n) is 4.11. The number of carboxylic acid groups (broad SMARTS) is 1. The lowest BCUT2D eigenvalue weighted by molar-refractivity contribution is -0.140. The summed E-state index contributed by atoms with van der Waals surface area (Å²) >= 11 is 1.54. The van der Waals surface area contributed by atoms with E-state index in [1.165, 1.54) is 0 Å². The molecule has 2 atom stereocenters. The second-order valence-corrected chi connectivity index (χ2v) is 5.14.